The Kier molecular flexibility index (Phi) is 5.26. The maximum absolute atomic E-state index is 11.1. The van der Waals surface area contributed by atoms with E-state index in [0.29, 0.717) is 18.9 Å². The standard InChI is InChI=1S/C10H17N3O4S/c1-8(14)11-7-5-3-4-6-9-12-13-10(17-9)18(2,15)16/h3-7H2,1-2H3,(H,11,14). The van der Waals surface area contributed by atoms with E-state index in [1.165, 1.54) is 6.92 Å². The smallest absolute Gasteiger partial charge is 0.335 e. The van der Waals surface area contributed by atoms with Gasteiger partial charge in [0.1, 0.15) is 0 Å². The maximum Gasteiger partial charge on any atom is 0.335 e. The number of aromatic nitrogens is 2. The molecular formula is C10H17N3O4S. The third-order valence-corrected chi connectivity index (χ3v) is 3.01. The Balaban J connectivity index is 2.24. The molecular weight excluding hydrogens is 258 g/mol. The topological polar surface area (TPSA) is 102 Å². The Labute approximate surface area is 106 Å². The van der Waals surface area contributed by atoms with Crippen LogP contribution in [0.4, 0.5) is 0 Å². The number of aryl methyl sites for hydroxylation is 1. The highest BCUT2D eigenvalue weighted by Crippen LogP contribution is 2.09. The second kappa shape index (κ2) is 6.48. The molecule has 1 aromatic rings. The number of nitrogens with one attached hydrogen (secondary N) is 1. The SMILES string of the molecule is CC(=O)NCCCCCc1nnc(S(C)(=O)=O)o1. The van der Waals surface area contributed by atoms with Gasteiger partial charge in [-0.3, -0.25) is 4.79 Å². The molecule has 0 radical (unpaired) electrons. The summed E-state index contributed by atoms with van der Waals surface area (Å²) in [5, 5.41) is 9.49. The largest absolute Gasteiger partial charge is 0.413 e. The molecule has 0 unspecified atom stereocenters. The highest BCUT2D eigenvalue weighted by molar-refractivity contribution is 7.90. The van der Waals surface area contributed by atoms with Crippen molar-refractivity contribution in [1.82, 2.24) is 15.5 Å². The van der Waals surface area contributed by atoms with Crippen LogP contribution in [0.5, 0.6) is 0 Å². The summed E-state index contributed by atoms with van der Waals surface area (Å²) in [6.07, 6.45) is 4.15. The highest BCUT2D eigenvalue weighted by atomic mass is 32.2. The molecule has 0 fully saturated rings. The molecule has 0 aliphatic carbocycles. The average Bonchev–Trinajstić information content (AvgIpc) is 2.71. The van der Waals surface area contributed by atoms with Crippen LogP contribution in [0.2, 0.25) is 0 Å². The number of unbranched alkanes of at least 4 members (excludes halogenated alkanes) is 2. The molecule has 1 heterocycles. The lowest BCUT2D eigenvalue weighted by molar-refractivity contribution is -0.118. The summed E-state index contributed by atoms with van der Waals surface area (Å²) in [5.74, 6) is 0.291. The number of amides is 1. The second-order valence-corrected chi connectivity index (χ2v) is 5.92. The normalized spacial score (nSPS) is 11.4. The molecule has 1 amide bonds. The average molecular weight is 275 g/mol. The first-order valence-corrected chi connectivity index (χ1v) is 7.55. The number of hydrogen-bond donors (Lipinski definition) is 1. The van der Waals surface area contributed by atoms with Gasteiger partial charge >= 0.3 is 5.22 Å². The van der Waals surface area contributed by atoms with Crippen LogP contribution < -0.4 is 5.32 Å². The van der Waals surface area contributed by atoms with Gasteiger partial charge in [-0.15, -0.1) is 5.10 Å². The first-order valence-electron chi connectivity index (χ1n) is 5.66. The van der Waals surface area contributed by atoms with Crippen molar-refractivity contribution in [3.05, 3.63) is 5.89 Å². The zero-order valence-electron chi connectivity index (χ0n) is 10.5. The van der Waals surface area contributed by atoms with Gasteiger partial charge in [-0.25, -0.2) is 8.42 Å². The lowest BCUT2D eigenvalue weighted by Crippen LogP contribution is -2.20. The van der Waals surface area contributed by atoms with Crippen LogP contribution in [0.1, 0.15) is 32.1 Å². The van der Waals surface area contributed by atoms with E-state index in [4.69, 9.17) is 4.42 Å². The number of carbonyl (C=O) groups excluding carboxylic acids is 1. The molecule has 1 rings (SSSR count). The summed E-state index contributed by atoms with van der Waals surface area (Å²) in [6.45, 7) is 2.12. The van der Waals surface area contributed by atoms with Gasteiger partial charge in [-0.1, -0.05) is 11.5 Å². The maximum atomic E-state index is 11.1. The van der Waals surface area contributed by atoms with E-state index in [9.17, 15) is 13.2 Å². The molecule has 0 atom stereocenters. The number of sulfone groups is 1. The van der Waals surface area contributed by atoms with E-state index in [-0.39, 0.29) is 11.1 Å². The molecule has 102 valence electrons. The van der Waals surface area contributed by atoms with E-state index in [1.807, 2.05) is 0 Å². The molecule has 0 aromatic carbocycles. The fraction of sp³-hybridized carbons (Fsp3) is 0.700. The Morgan fingerprint density at radius 3 is 2.56 bits per heavy atom. The Morgan fingerprint density at radius 1 is 1.28 bits per heavy atom. The molecule has 0 bridgehead atoms. The first kappa shape index (κ1) is 14.6. The predicted octanol–water partition coefficient (Wildman–Crippen LogP) is 0.322. The molecule has 0 aliphatic rings. The van der Waals surface area contributed by atoms with Crippen LogP contribution in [0, 0.1) is 0 Å². The third-order valence-electron chi connectivity index (χ3n) is 2.21. The van der Waals surface area contributed by atoms with Gasteiger partial charge in [0.2, 0.25) is 21.6 Å². The van der Waals surface area contributed by atoms with E-state index < -0.39 is 9.84 Å². The Hall–Kier alpha value is -1.44. The first-order chi connectivity index (χ1) is 8.39. The molecule has 8 heteroatoms. The number of rotatable bonds is 7. The van der Waals surface area contributed by atoms with Gasteiger partial charge in [0.25, 0.3) is 0 Å². The summed E-state index contributed by atoms with van der Waals surface area (Å²) >= 11 is 0. The van der Waals surface area contributed by atoms with Crippen molar-refractivity contribution in [2.45, 2.75) is 37.8 Å². The van der Waals surface area contributed by atoms with Crippen LogP contribution in [-0.4, -0.2) is 37.3 Å². The minimum atomic E-state index is -3.42. The van der Waals surface area contributed by atoms with Gasteiger partial charge in [0, 0.05) is 26.1 Å². The number of nitrogens with zero attached hydrogens (tertiary/aromatic N) is 2. The summed E-state index contributed by atoms with van der Waals surface area (Å²) in [6, 6.07) is 0. The molecule has 18 heavy (non-hydrogen) atoms. The third kappa shape index (κ3) is 5.26. The fourth-order valence-corrected chi connectivity index (χ4v) is 1.77. The van der Waals surface area contributed by atoms with E-state index in [1.54, 1.807) is 0 Å². The molecule has 0 spiro atoms. The minimum absolute atomic E-state index is 0.0373. The Bertz CT molecular complexity index is 495. The van der Waals surface area contributed by atoms with Crippen molar-refractivity contribution >= 4 is 15.7 Å². The van der Waals surface area contributed by atoms with Crippen molar-refractivity contribution in [2.75, 3.05) is 12.8 Å². The fourth-order valence-electron chi connectivity index (χ4n) is 1.33. The van der Waals surface area contributed by atoms with Gasteiger partial charge in [0.15, 0.2) is 0 Å². The van der Waals surface area contributed by atoms with Crippen LogP contribution in [-0.2, 0) is 21.1 Å². The predicted molar refractivity (Wildman–Crippen MR) is 63.6 cm³/mol. The molecule has 0 saturated heterocycles. The lowest BCUT2D eigenvalue weighted by Gasteiger charge is -2.00. The van der Waals surface area contributed by atoms with Crippen LogP contribution in [0.25, 0.3) is 0 Å². The van der Waals surface area contributed by atoms with E-state index in [0.717, 1.165) is 25.5 Å². The van der Waals surface area contributed by atoms with Gasteiger partial charge in [-0.05, 0) is 12.8 Å². The summed E-state index contributed by atoms with van der Waals surface area (Å²) in [5.41, 5.74) is 0. The van der Waals surface area contributed by atoms with E-state index >= 15 is 0 Å². The van der Waals surface area contributed by atoms with Crippen molar-refractivity contribution in [2.24, 2.45) is 0 Å². The number of hydrogen-bond acceptors (Lipinski definition) is 6. The van der Waals surface area contributed by atoms with Gasteiger partial charge < -0.3 is 9.73 Å². The molecule has 0 saturated carbocycles. The van der Waals surface area contributed by atoms with Gasteiger partial charge in [0.05, 0.1) is 0 Å². The van der Waals surface area contributed by atoms with Crippen molar-refractivity contribution in [1.29, 1.82) is 0 Å². The molecule has 0 aliphatic heterocycles. The molecule has 7 nitrogen and oxygen atoms in total. The van der Waals surface area contributed by atoms with Crippen LogP contribution >= 0.6 is 0 Å². The van der Waals surface area contributed by atoms with Gasteiger partial charge in [-0.2, -0.15) is 0 Å². The summed E-state index contributed by atoms with van der Waals surface area (Å²) in [4.78, 5) is 10.6. The quantitative estimate of drug-likeness (QED) is 0.719. The second-order valence-electron chi connectivity index (χ2n) is 4.03. The van der Waals surface area contributed by atoms with Crippen LogP contribution in [0.15, 0.2) is 9.64 Å². The summed E-state index contributed by atoms with van der Waals surface area (Å²) < 4.78 is 27.2. The zero-order valence-corrected chi connectivity index (χ0v) is 11.3. The molecule has 1 aromatic heterocycles. The highest BCUT2D eigenvalue weighted by Gasteiger charge is 2.15. The molecule has 1 N–H and O–H groups in total. The Morgan fingerprint density at radius 2 is 2.00 bits per heavy atom. The number of carbonyl (C=O) groups is 1. The van der Waals surface area contributed by atoms with Crippen molar-refractivity contribution < 1.29 is 17.6 Å². The van der Waals surface area contributed by atoms with Crippen molar-refractivity contribution in [3.8, 4) is 0 Å². The minimum Gasteiger partial charge on any atom is -0.413 e. The lowest BCUT2D eigenvalue weighted by atomic mass is 10.2. The summed E-state index contributed by atoms with van der Waals surface area (Å²) in [7, 11) is -3.42. The monoisotopic (exact) mass is 275 g/mol. The zero-order chi connectivity index (χ0) is 13.6. The van der Waals surface area contributed by atoms with Crippen molar-refractivity contribution in [3.63, 3.8) is 0 Å². The van der Waals surface area contributed by atoms with E-state index in [2.05, 4.69) is 15.5 Å². The van der Waals surface area contributed by atoms with Crippen LogP contribution in [0.3, 0.4) is 0 Å².